The zero-order valence-corrected chi connectivity index (χ0v) is 14.8. The number of guanidine groups is 1. The van der Waals surface area contributed by atoms with E-state index in [1.165, 1.54) is 18.6 Å². The van der Waals surface area contributed by atoms with Gasteiger partial charge in [0.25, 0.3) is 0 Å². The largest absolute Gasteiger partial charge is 0.496 e. The van der Waals surface area contributed by atoms with Crippen molar-refractivity contribution in [3.63, 3.8) is 0 Å². The molecule has 1 saturated heterocycles. The lowest BCUT2D eigenvalue weighted by Gasteiger charge is -2.24. The Hall–Kier alpha value is -1.07. The molecule has 1 aromatic rings. The van der Waals surface area contributed by atoms with Gasteiger partial charge < -0.3 is 15.4 Å². The fourth-order valence-electron chi connectivity index (χ4n) is 2.38. The number of hydrogen-bond donors (Lipinski definition) is 2. The van der Waals surface area contributed by atoms with Gasteiger partial charge in [-0.1, -0.05) is 17.7 Å². The van der Waals surface area contributed by atoms with Crippen molar-refractivity contribution in [3.05, 3.63) is 28.8 Å². The molecule has 1 fully saturated rings. The van der Waals surface area contributed by atoms with Crippen LogP contribution in [0.2, 0.25) is 5.02 Å². The van der Waals surface area contributed by atoms with E-state index < -0.39 is 0 Å². The first-order valence-electron chi connectivity index (χ1n) is 7.68. The quantitative estimate of drug-likeness (QED) is 0.637. The summed E-state index contributed by atoms with van der Waals surface area (Å²) in [6.07, 6.45) is 2.48. The lowest BCUT2D eigenvalue weighted by Crippen LogP contribution is -2.45. The summed E-state index contributed by atoms with van der Waals surface area (Å²) in [5, 5.41) is 7.51. The first kappa shape index (κ1) is 17.3. The van der Waals surface area contributed by atoms with Crippen molar-refractivity contribution in [1.29, 1.82) is 0 Å². The molecule has 1 aliphatic heterocycles. The van der Waals surface area contributed by atoms with E-state index in [1.54, 1.807) is 7.11 Å². The van der Waals surface area contributed by atoms with Crippen LogP contribution >= 0.6 is 23.4 Å². The molecule has 2 N–H and O–H groups in total. The van der Waals surface area contributed by atoms with Gasteiger partial charge in [-0.3, -0.25) is 0 Å². The number of methoxy groups -OCH3 is 1. The van der Waals surface area contributed by atoms with Gasteiger partial charge in [0.15, 0.2) is 5.96 Å². The van der Waals surface area contributed by atoms with Crippen LogP contribution in [0.1, 0.15) is 25.3 Å². The van der Waals surface area contributed by atoms with Gasteiger partial charge in [0.1, 0.15) is 5.75 Å². The van der Waals surface area contributed by atoms with Crippen molar-refractivity contribution in [2.45, 2.75) is 32.4 Å². The zero-order valence-electron chi connectivity index (χ0n) is 13.2. The van der Waals surface area contributed by atoms with Crippen molar-refractivity contribution < 1.29 is 4.74 Å². The number of rotatable bonds is 5. The predicted octanol–water partition coefficient (Wildman–Crippen LogP) is 3.30. The maximum absolute atomic E-state index is 5.99. The molecule has 6 heteroatoms. The standard InChI is InChI=1S/C16H24ClN3OS/c1-3-18-16(20-14-5-4-8-22-11-14)19-10-12-6-7-13(17)9-15(12)21-2/h6-7,9,14H,3-5,8,10-11H2,1-2H3,(H2,18,19,20). The predicted molar refractivity (Wildman–Crippen MR) is 96.3 cm³/mol. The van der Waals surface area contributed by atoms with Gasteiger partial charge in [-0.05, 0) is 37.7 Å². The van der Waals surface area contributed by atoms with Gasteiger partial charge >= 0.3 is 0 Å². The minimum atomic E-state index is 0.503. The van der Waals surface area contributed by atoms with Crippen LogP contribution in [-0.4, -0.2) is 37.2 Å². The minimum absolute atomic E-state index is 0.503. The molecule has 0 bridgehead atoms. The molecule has 0 amide bonds. The normalized spacial score (nSPS) is 18.9. The first-order chi connectivity index (χ1) is 10.7. The second kappa shape index (κ2) is 9.16. The van der Waals surface area contributed by atoms with E-state index in [0.29, 0.717) is 17.6 Å². The lowest BCUT2D eigenvalue weighted by atomic mass is 10.2. The Labute approximate surface area is 142 Å². The molecule has 1 heterocycles. The topological polar surface area (TPSA) is 45.7 Å². The summed E-state index contributed by atoms with van der Waals surface area (Å²) >= 11 is 8.00. The Kier molecular flexibility index (Phi) is 7.19. The minimum Gasteiger partial charge on any atom is -0.496 e. The van der Waals surface area contributed by atoms with Crippen LogP contribution in [0.3, 0.4) is 0 Å². The third-order valence-corrected chi connectivity index (χ3v) is 4.95. The smallest absolute Gasteiger partial charge is 0.191 e. The van der Waals surface area contributed by atoms with Gasteiger partial charge in [-0.2, -0.15) is 11.8 Å². The van der Waals surface area contributed by atoms with Crippen LogP contribution < -0.4 is 15.4 Å². The van der Waals surface area contributed by atoms with E-state index in [1.807, 2.05) is 30.0 Å². The molecular formula is C16H24ClN3OS. The Morgan fingerprint density at radius 3 is 3.05 bits per heavy atom. The highest BCUT2D eigenvalue weighted by Gasteiger charge is 2.14. The number of aliphatic imine (C=N–C) groups is 1. The maximum Gasteiger partial charge on any atom is 0.191 e. The summed E-state index contributed by atoms with van der Waals surface area (Å²) in [5.41, 5.74) is 1.03. The molecule has 122 valence electrons. The van der Waals surface area contributed by atoms with Gasteiger partial charge in [0, 0.05) is 28.9 Å². The van der Waals surface area contributed by atoms with Crippen LogP contribution in [0.15, 0.2) is 23.2 Å². The van der Waals surface area contributed by atoms with Crippen molar-refractivity contribution in [1.82, 2.24) is 10.6 Å². The van der Waals surface area contributed by atoms with Crippen LogP contribution in [0.4, 0.5) is 0 Å². The van der Waals surface area contributed by atoms with Gasteiger partial charge in [0.05, 0.1) is 13.7 Å². The molecule has 4 nitrogen and oxygen atoms in total. The molecule has 0 aromatic heterocycles. The second-order valence-corrected chi connectivity index (χ2v) is 6.80. The Morgan fingerprint density at radius 2 is 2.36 bits per heavy atom. The molecule has 1 unspecified atom stereocenters. The summed E-state index contributed by atoms with van der Waals surface area (Å²) in [7, 11) is 1.65. The third kappa shape index (κ3) is 5.29. The molecule has 1 aromatic carbocycles. The fourth-order valence-corrected chi connectivity index (χ4v) is 3.62. The maximum atomic E-state index is 5.99. The number of benzene rings is 1. The van der Waals surface area contributed by atoms with E-state index in [9.17, 15) is 0 Å². The third-order valence-electron chi connectivity index (χ3n) is 3.50. The first-order valence-corrected chi connectivity index (χ1v) is 9.21. The Balaban J connectivity index is 2.02. The molecule has 2 rings (SSSR count). The fraction of sp³-hybridized carbons (Fsp3) is 0.562. The van der Waals surface area contributed by atoms with Gasteiger partial charge in [-0.25, -0.2) is 4.99 Å². The average molecular weight is 342 g/mol. The lowest BCUT2D eigenvalue weighted by molar-refractivity contribution is 0.410. The summed E-state index contributed by atoms with van der Waals surface area (Å²) in [5.74, 6) is 4.06. The molecule has 0 saturated carbocycles. The van der Waals surface area contributed by atoms with Crippen molar-refractivity contribution in [2.24, 2.45) is 4.99 Å². The van der Waals surface area contributed by atoms with Gasteiger partial charge in [-0.15, -0.1) is 0 Å². The number of halogens is 1. The zero-order chi connectivity index (χ0) is 15.8. The SMILES string of the molecule is CCNC(=NCc1ccc(Cl)cc1OC)NC1CCCSC1. The highest BCUT2D eigenvalue weighted by molar-refractivity contribution is 7.99. The van der Waals surface area contributed by atoms with Crippen molar-refractivity contribution >= 4 is 29.3 Å². The Bertz CT molecular complexity index is 504. The number of thioether (sulfide) groups is 1. The van der Waals surface area contributed by atoms with Gasteiger partial charge in [0.2, 0.25) is 0 Å². The van der Waals surface area contributed by atoms with E-state index in [2.05, 4.69) is 22.5 Å². The number of ether oxygens (including phenoxy) is 1. The molecule has 22 heavy (non-hydrogen) atoms. The van der Waals surface area contributed by atoms with E-state index >= 15 is 0 Å². The van der Waals surface area contributed by atoms with Crippen LogP contribution in [0.5, 0.6) is 5.75 Å². The summed E-state index contributed by atoms with van der Waals surface area (Å²) in [4.78, 5) is 4.68. The van der Waals surface area contributed by atoms with Crippen molar-refractivity contribution in [3.8, 4) is 5.75 Å². The highest BCUT2D eigenvalue weighted by atomic mass is 35.5. The molecule has 0 spiro atoms. The monoisotopic (exact) mass is 341 g/mol. The van der Waals surface area contributed by atoms with Crippen molar-refractivity contribution in [2.75, 3.05) is 25.2 Å². The second-order valence-electron chi connectivity index (χ2n) is 5.21. The summed E-state index contributed by atoms with van der Waals surface area (Å²) in [6.45, 7) is 3.49. The number of nitrogens with one attached hydrogen (secondary N) is 2. The summed E-state index contributed by atoms with van der Waals surface area (Å²) in [6, 6.07) is 6.16. The average Bonchev–Trinajstić information content (AvgIpc) is 2.54. The van der Waals surface area contributed by atoms with Crippen LogP contribution in [-0.2, 0) is 6.54 Å². The van der Waals surface area contributed by atoms with Crippen LogP contribution in [0, 0.1) is 0 Å². The number of nitrogens with zero attached hydrogens (tertiary/aromatic N) is 1. The molecule has 1 atom stereocenters. The molecule has 0 radical (unpaired) electrons. The van der Waals surface area contributed by atoms with E-state index in [0.717, 1.165) is 29.6 Å². The molecule has 1 aliphatic rings. The summed E-state index contributed by atoms with van der Waals surface area (Å²) < 4.78 is 5.37. The van der Waals surface area contributed by atoms with Crippen LogP contribution in [0.25, 0.3) is 0 Å². The number of hydrogen-bond acceptors (Lipinski definition) is 3. The molecule has 0 aliphatic carbocycles. The van der Waals surface area contributed by atoms with E-state index in [4.69, 9.17) is 16.3 Å². The molecular weight excluding hydrogens is 318 g/mol. The van der Waals surface area contributed by atoms with E-state index in [-0.39, 0.29) is 0 Å². The highest BCUT2D eigenvalue weighted by Crippen LogP contribution is 2.23. The Morgan fingerprint density at radius 1 is 1.50 bits per heavy atom.